The van der Waals surface area contributed by atoms with Gasteiger partial charge in [-0.3, -0.25) is 10.1 Å². The molecule has 0 amide bonds. The first kappa shape index (κ1) is 17.4. The summed E-state index contributed by atoms with van der Waals surface area (Å²) in [5.74, 6) is 0.00851. The highest BCUT2D eigenvalue weighted by atomic mass is 32.1. The van der Waals surface area contributed by atoms with Crippen LogP contribution in [0.3, 0.4) is 0 Å². The number of para-hydroxylation sites is 1. The molecule has 0 spiro atoms. The van der Waals surface area contributed by atoms with E-state index in [2.05, 4.69) is 17.2 Å². The molecule has 1 aromatic heterocycles. The van der Waals surface area contributed by atoms with Crippen LogP contribution < -0.4 is 10.1 Å². The van der Waals surface area contributed by atoms with Crippen LogP contribution in [0.2, 0.25) is 0 Å². The summed E-state index contributed by atoms with van der Waals surface area (Å²) < 4.78 is 5.66. The third-order valence-electron chi connectivity index (χ3n) is 3.38. The van der Waals surface area contributed by atoms with Gasteiger partial charge in [0.1, 0.15) is 23.4 Å². The fourth-order valence-corrected chi connectivity index (χ4v) is 2.81. The van der Waals surface area contributed by atoms with Gasteiger partial charge in [0, 0.05) is 11.9 Å². The van der Waals surface area contributed by atoms with E-state index in [0.717, 1.165) is 29.3 Å². The van der Waals surface area contributed by atoms with Gasteiger partial charge in [0.15, 0.2) is 0 Å². The summed E-state index contributed by atoms with van der Waals surface area (Å²) >= 11 is 1.52. The SMILES string of the molecule is CCCCC(NCc1csc(COc2ccccc2)n1)C(=O)O. The van der Waals surface area contributed by atoms with E-state index in [0.29, 0.717) is 19.6 Å². The smallest absolute Gasteiger partial charge is 0.320 e. The molecule has 2 aromatic rings. The standard InChI is InChI=1S/C17H22N2O3S/c1-2-3-9-15(17(20)21)18-10-13-12-23-16(19-13)11-22-14-7-5-4-6-8-14/h4-8,12,15,18H,2-3,9-11H2,1H3,(H,20,21). The van der Waals surface area contributed by atoms with Gasteiger partial charge in [-0.1, -0.05) is 38.0 Å². The second kappa shape index (κ2) is 9.27. The van der Waals surface area contributed by atoms with Gasteiger partial charge in [-0.2, -0.15) is 0 Å². The predicted molar refractivity (Wildman–Crippen MR) is 90.7 cm³/mol. The van der Waals surface area contributed by atoms with Crippen LogP contribution in [0.4, 0.5) is 0 Å². The zero-order valence-corrected chi connectivity index (χ0v) is 14.0. The molecule has 2 rings (SSSR count). The van der Waals surface area contributed by atoms with Crippen LogP contribution >= 0.6 is 11.3 Å². The number of carboxylic acid groups (broad SMARTS) is 1. The number of hydrogen-bond acceptors (Lipinski definition) is 5. The number of carbonyl (C=O) groups is 1. The van der Waals surface area contributed by atoms with Gasteiger partial charge in [0.2, 0.25) is 0 Å². The number of aliphatic carboxylic acids is 1. The van der Waals surface area contributed by atoms with Crippen LogP contribution in [-0.2, 0) is 17.9 Å². The molecular weight excluding hydrogens is 312 g/mol. The molecule has 6 heteroatoms. The van der Waals surface area contributed by atoms with Crippen molar-refractivity contribution in [1.29, 1.82) is 0 Å². The van der Waals surface area contributed by atoms with Crippen LogP contribution in [0.1, 0.15) is 36.9 Å². The molecule has 1 heterocycles. The number of hydrogen-bond donors (Lipinski definition) is 2. The van der Waals surface area contributed by atoms with Crippen LogP contribution in [0, 0.1) is 0 Å². The second-order valence-corrected chi connectivity index (χ2v) is 6.19. The lowest BCUT2D eigenvalue weighted by Gasteiger charge is -2.12. The maximum absolute atomic E-state index is 11.2. The van der Waals surface area contributed by atoms with Gasteiger partial charge in [-0.05, 0) is 18.6 Å². The Hall–Kier alpha value is -1.92. The van der Waals surface area contributed by atoms with Crippen molar-refractivity contribution in [3.05, 3.63) is 46.4 Å². The Morgan fingerprint density at radius 1 is 1.39 bits per heavy atom. The number of aromatic nitrogens is 1. The molecule has 0 saturated heterocycles. The quantitative estimate of drug-likeness (QED) is 0.696. The molecule has 124 valence electrons. The van der Waals surface area contributed by atoms with Gasteiger partial charge < -0.3 is 9.84 Å². The van der Waals surface area contributed by atoms with Crippen molar-refractivity contribution in [3.8, 4) is 5.75 Å². The molecular formula is C17H22N2O3S. The first-order chi connectivity index (χ1) is 11.2. The highest BCUT2D eigenvalue weighted by Gasteiger charge is 2.16. The van der Waals surface area contributed by atoms with Crippen molar-refractivity contribution >= 4 is 17.3 Å². The van der Waals surface area contributed by atoms with Gasteiger partial charge in [-0.15, -0.1) is 11.3 Å². The minimum Gasteiger partial charge on any atom is -0.486 e. The van der Waals surface area contributed by atoms with E-state index in [-0.39, 0.29) is 0 Å². The number of carboxylic acids is 1. The lowest BCUT2D eigenvalue weighted by Crippen LogP contribution is -2.36. The van der Waals surface area contributed by atoms with E-state index < -0.39 is 12.0 Å². The molecule has 0 saturated carbocycles. The average Bonchev–Trinajstić information content (AvgIpc) is 3.01. The minimum absolute atomic E-state index is 0.423. The molecule has 0 radical (unpaired) electrons. The molecule has 0 bridgehead atoms. The fraction of sp³-hybridized carbons (Fsp3) is 0.412. The van der Waals surface area contributed by atoms with E-state index >= 15 is 0 Å². The molecule has 5 nitrogen and oxygen atoms in total. The van der Waals surface area contributed by atoms with E-state index in [9.17, 15) is 9.90 Å². The van der Waals surface area contributed by atoms with Gasteiger partial charge in [-0.25, -0.2) is 4.98 Å². The zero-order chi connectivity index (χ0) is 16.5. The summed E-state index contributed by atoms with van der Waals surface area (Å²) in [6, 6.07) is 9.09. The van der Waals surface area contributed by atoms with Crippen LogP contribution in [0.15, 0.2) is 35.7 Å². The van der Waals surface area contributed by atoms with E-state index in [4.69, 9.17) is 4.74 Å². The Kier molecular flexibility index (Phi) is 7.03. The first-order valence-corrected chi connectivity index (χ1v) is 8.64. The maximum Gasteiger partial charge on any atom is 0.320 e. The van der Waals surface area contributed by atoms with E-state index in [1.54, 1.807) is 0 Å². The Labute approximate surface area is 140 Å². The maximum atomic E-state index is 11.2. The number of thiazole rings is 1. The minimum atomic E-state index is -0.804. The van der Waals surface area contributed by atoms with Crippen molar-refractivity contribution in [1.82, 2.24) is 10.3 Å². The largest absolute Gasteiger partial charge is 0.486 e. The van der Waals surface area contributed by atoms with Crippen molar-refractivity contribution in [2.45, 2.75) is 45.4 Å². The summed E-state index contributed by atoms with van der Waals surface area (Å²) in [6.07, 6.45) is 2.53. The molecule has 2 N–H and O–H groups in total. The second-order valence-electron chi connectivity index (χ2n) is 5.25. The van der Waals surface area contributed by atoms with Crippen LogP contribution in [0.25, 0.3) is 0 Å². The number of ether oxygens (including phenoxy) is 1. The zero-order valence-electron chi connectivity index (χ0n) is 13.2. The number of rotatable bonds is 10. The lowest BCUT2D eigenvalue weighted by molar-refractivity contribution is -0.139. The predicted octanol–water partition coefficient (Wildman–Crippen LogP) is 3.46. The molecule has 1 atom stereocenters. The van der Waals surface area contributed by atoms with Gasteiger partial charge >= 0.3 is 5.97 Å². The molecule has 0 aliphatic carbocycles. The Bertz CT molecular complexity index is 601. The third kappa shape index (κ3) is 6.00. The van der Waals surface area contributed by atoms with E-state index in [1.807, 2.05) is 35.7 Å². The number of nitrogens with one attached hydrogen (secondary N) is 1. The lowest BCUT2D eigenvalue weighted by atomic mass is 10.1. The molecule has 0 fully saturated rings. The number of unbranched alkanes of at least 4 members (excludes halogenated alkanes) is 1. The third-order valence-corrected chi connectivity index (χ3v) is 4.25. The summed E-state index contributed by atoms with van der Waals surface area (Å²) in [4.78, 5) is 15.7. The van der Waals surface area contributed by atoms with Crippen LogP contribution in [-0.4, -0.2) is 22.1 Å². The normalized spacial score (nSPS) is 12.0. The van der Waals surface area contributed by atoms with Gasteiger partial charge in [0.25, 0.3) is 0 Å². The molecule has 23 heavy (non-hydrogen) atoms. The highest BCUT2D eigenvalue weighted by Crippen LogP contribution is 2.15. The summed E-state index contributed by atoms with van der Waals surface area (Å²) in [7, 11) is 0. The Morgan fingerprint density at radius 3 is 2.87 bits per heavy atom. The summed E-state index contributed by atoms with van der Waals surface area (Å²) in [5, 5.41) is 15.1. The summed E-state index contributed by atoms with van der Waals surface area (Å²) in [5.41, 5.74) is 0.851. The number of nitrogens with zero attached hydrogens (tertiary/aromatic N) is 1. The fourth-order valence-electron chi connectivity index (χ4n) is 2.11. The number of benzene rings is 1. The molecule has 0 aliphatic heterocycles. The van der Waals surface area contributed by atoms with E-state index in [1.165, 1.54) is 11.3 Å². The van der Waals surface area contributed by atoms with Crippen molar-refractivity contribution in [2.24, 2.45) is 0 Å². The molecule has 0 aliphatic rings. The highest BCUT2D eigenvalue weighted by molar-refractivity contribution is 7.09. The monoisotopic (exact) mass is 334 g/mol. The van der Waals surface area contributed by atoms with Crippen LogP contribution in [0.5, 0.6) is 5.75 Å². The Balaban J connectivity index is 1.80. The van der Waals surface area contributed by atoms with Gasteiger partial charge in [0.05, 0.1) is 5.69 Å². The molecule has 1 unspecified atom stereocenters. The first-order valence-electron chi connectivity index (χ1n) is 7.76. The summed E-state index contributed by atoms with van der Waals surface area (Å²) in [6.45, 7) is 2.94. The van der Waals surface area contributed by atoms with Crippen molar-refractivity contribution in [2.75, 3.05) is 0 Å². The Morgan fingerprint density at radius 2 is 2.17 bits per heavy atom. The van der Waals surface area contributed by atoms with Crippen molar-refractivity contribution in [3.63, 3.8) is 0 Å². The average molecular weight is 334 g/mol. The molecule has 1 aromatic carbocycles. The van der Waals surface area contributed by atoms with Crippen molar-refractivity contribution < 1.29 is 14.6 Å². The topological polar surface area (TPSA) is 71.5 Å².